The number of benzene rings is 2. The number of nitrogens with one attached hydrogen (secondary N) is 2. The van der Waals surface area contributed by atoms with Crippen molar-refractivity contribution in [3.8, 4) is 11.5 Å². The highest BCUT2D eigenvalue weighted by atomic mass is 32.2. The minimum absolute atomic E-state index is 0.200. The molecule has 14 nitrogen and oxygen atoms in total. The summed E-state index contributed by atoms with van der Waals surface area (Å²) >= 11 is 0. The topological polar surface area (TPSA) is 190 Å². The van der Waals surface area contributed by atoms with Crippen LogP contribution in [-0.4, -0.2) is 122 Å². The number of Topliss-reactive ketones (excluding diaryl/α,β-unsaturated/α-hetero) is 1. The monoisotopic (exact) mass is 1130 g/mol. The third-order valence-electron chi connectivity index (χ3n) is 14.4. The Balaban J connectivity index is 0.000000627. The summed E-state index contributed by atoms with van der Waals surface area (Å²) < 4.78 is 35.0. The predicted octanol–water partition coefficient (Wildman–Crippen LogP) is 8.56. The smallest absolute Gasteiger partial charge is 0.275 e. The van der Waals surface area contributed by atoms with Gasteiger partial charge in [0.15, 0.2) is 11.5 Å². The van der Waals surface area contributed by atoms with Crippen molar-refractivity contribution in [3.63, 3.8) is 0 Å². The number of hydrogen-bond acceptors (Lipinski definition) is 11. The largest absolute Gasteiger partial charge is 0.871 e. The van der Waals surface area contributed by atoms with E-state index in [1.165, 1.54) is 57.5 Å². The van der Waals surface area contributed by atoms with Gasteiger partial charge < -0.3 is 39.5 Å². The van der Waals surface area contributed by atoms with Crippen molar-refractivity contribution in [1.82, 2.24) is 0 Å². The molecular weight excluding hydrogens is 1030 g/mol. The highest BCUT2D eigenvalue weighted by molar-refractivity contribution is 7.85. The zero-order valence-electron chi connectivity index (χ0n) is 52.0. The van der Waals surface area contributed by atoms with E-state index in [0.717, 1.165) is 93.7 Å². The molecule has 0 amide bonds. The average Bonchev–Trinajstić information content (AvgIpc) is 3.42. The van der Waals surface area contributed by atoms with Gasteiger partial charge in [-0.2, -0.15) is 0 Å². The van der Waals surface area contributed by atoms with Gasteiger partial charge in [0.25, 0.3) is 10.9 Å². The molecule has 0 fully saturated rings. The second-order valence-electron chi connectivity index (χ2n) is 22.0. The Kier molecular flexibility index (Phi) is 35.6. The van der Waals surface area contributed by atoms with Gasteiger partial charge >= 0.3 is 0 Å². The fraction of sp³-hybridized carbons (Fsp3) is 0.600. The van der Waals surface area contributed by atoms with Crippen LogP contribution < -0.4 is 35.6 Å². The standard InChI is InChI=1S/C31H42N2O5S.C14H23N.2C8H19N.C4H2O4/c1-4-7-19-32(20-8-5-2)26-15-11-24(12-16-26)28-30(34)29(31(28)35)25-13-17-27(18-14-25)33(21-9-6-3)22-10-23-39(36,37)38;1-3-5-12-15(13-6-4-2)14-10-8-7-9-11-14;2*1-6-9(7(2)3)8(4)5;5-1-2(6)4(8)3(1)7/h11-18H,4-10,19-23H2,1-3H3,(H-,34,35,36,37,38);7-11H,3-6,12-13H2,1-2H3;2*7-8H,6H2,1-5H3;5-6H/p+1. The third kappa shape index (κ3) is 25.2. The number of anilines is 2. The molecule has 3 aromatic rings. The summed E-state index contributed by atoms with van der Waals surface area (Å²) in [6.07, 6.45) is 19.0. The van der Waals surface area contributed by atoms with Crippen LogP contribution >= 0.6 is 0 Å². The van der Waals surface area contributed by atoms with Gasteiger partial charge in [0.2, 0.25) is 11.5 Å². The van der Waals surface area contributed by atoms with E-state index < -0.39 is 38.2 Å². The highest BCUT2D eigenvalue weighted by Gasteiger charge is 2.31. The summed E-state index contributed by atoms with van der Waals surface area (Å²) in [5.74, 6) is -2.52. The molecule has 3 aromatic carbocycles. The highest BCUT2D eigenvalue weighted by Crippen LogP contribution is 2.38. The van der Waals surface area contributed by atoms with Gasteiger partial charge in [0, 0.05) is 79.4 Å². The molecule has 0 heterocycles. The first-order valence-electron chi connectivity index (χ1n) is 30.1. The molecule has 15 heteroatoms. The minimum atomic E-state index is -4.25. The quantitative estimate of drug-likeness (QED) is 0.0236. The van der Waals surface area contributed by atoms with Gasteiger partial charge in [-0.05, 0) is 142 Å². The number of nitrogens with zero attached hydrogens (tertiary/aromatic N) is 3. The predicted molar refractivity (Wildman–Crippen MR) is 332 cm³/mol. The number of hydrogen-bond donors (Lipinski definition) is 4. The first kappa shape index (κ1) is 72.7. The van der Waals surface area contributed by atoms with Gasteiger partial charge in [-0.25, -0.2) is 13.0 Å². The maximum absolute atomic E-state index is 13.1. The fourth-order valence-electron chi connectivity index (χ4n) is 9.86. The number of unbranched alkanes of at least 4 members (excludes halogenated alkanes) is 5. The zero-order valence-corrected chi connectivity index (χ0v) is 52.8. The maximum Gasteiger partial charge on any atom is 0.275 e. The van der Waals surface area contributed by atoms with E-state index in [2.05, 4.69) is 144 Å². The molecule has 2 aliphatic rings. The molecule has 0 aliphatic heterocycles. The maximum atomic E-state index is 13.1. The molecule has 0 unspecified atom stereocenters. The molecule has 0 radical (unpaired) electrons. The number of carbonyl (C=O) groups excluding carboxylic acids is 1. The molecule has 4 N–H and O–H groups in total. The Bertz CT molecular complexity index is 2490. The van der Waals surface area contributed by atoms with Gasteiger partial charge in [-0.15, -0.1) is 0 Å². The van der Waals surface area contributed by atoms with E-state index in [1.807, 2.05) is 41.0 Å². The van der Waals surface area contributed by atoms with Crippen molar-refractivity contribution in [2.45, 2.75) is 199 Å². The molecule has 5 rings (SSSR count). The van der Waals surface area contributed by atoms with Crippen LogP contribution in [0.1, 0.15) is 180 Å². The molecule has 0 bridgehead atoms. The first-order chi connectivity index (χ1) is 37.9. The van der Waals surface area contributed by atoms with E-state index in [-0.39, 0.29) is 29.1 Å². The summed E-state index contributed by atoms with van der Waals surface area (Å²) in [4.78, 5) is 41.2. The van der Waals surface area contributed by atoms with Crippen molar-refractivity contribution in [2.24, 2.45) is 0 Å². The number of quaternary nitrogens is 2. The summed E-state index contributed by atoms with van der Waals surface area (Å²) in [6, 6.07) is 21.6. The molecule has 450 valence electrons. The fourth-order valence-corrected chi connectivity index (χ4v) is 10.3. The number of carbonyl (C=O) groups is 1. The Morgan fingerprint density at radius 2 is 0.900 bits per heavy atom. The minimum Gasteiger partial charge on any atom is -0.871 e. The molecule has 0 atom stereocenters. The Morgan fingerprint density at radius 3 is 1.21 bits per heavy atom. The molecule has 80 heavy (non-hydrogen) atoms. The SMILES string of the molecule is CCCCN(CCCC)c1ccc(C2=C([O-])C(=C3C=CC(=[N+](CCCC)CCCS(=O)(=O)[O-])C=C3)C2=O)cc1.CCCCN(CCCC)c1ccccc1.CC[NH+](C(C)C)C(C)C.CC[NH+](C(C)C)C(C)C.O=c1c(O)c(O)c1=O. The number of rotatable bonds is 28. The molecule has 0 spiro atoms. The van der Waals surface area contributed by atoms with E-state index in [0.29, 0.717) is 17.7 Å². The molecule has 0 saturated heterocycles. The second-order valence-corrected chi connectivity index (χ2v) is 23.5. The number of para-hydroxylation sites is 1. The van der Waals surface area contributed by atoms with Gasteiger partial charge in [-0.3, -0.25) is 14.4 Å². The lowest BCUT2D eigenvalue weighted by Crippen LogP contribution is -3.17. The lowest BCUT2D eigenvalue weighted by Gasteiger charge is -2.32. The van der Waals surface area contributed by atoms with Crippen LogP contribution in [0, 0.1) is 0 Å². The Labute approximate surface area is 483 Å². The number of aromatic hydroxyl groups is 2. The zero-order chi connectivity index (χ0) is 60.5. The Hall–Kier alpha value is -5.35. The van der Waals surface area contributed by atoms with Crippen molar-refractivity contribution in [1.29, 1.82) is 0 Å². The van der Waals surface area contributed by atoms with E-state index >= 15 is 0 Å². The van der Waals surface area contributed by atoms with Crippen LogP contribution in [-0.2, 0) is 14.9 Å². The van der Waals surface area contributed by atoms with E-state index in [1.54, 1.807) is 22.0 Å². The lowest BCUT2D eigenvalue weighted by molar-refractivity contribution is -0.940. The summed E-state index contributed by atoms with van der Waals surface area (Å²) in [5.41, 5.74) is 3.00. The average molecular weight is 1130 g/mol. The normalized spacial score (nSPS) is 13.1. The molecule has 2 aliphatic carbocycles. The third-order valence-corrected chi connectivity index (χ3v) is 15.2. The van der Waals surface area contributed by atoms with Crippen LogP contribution in [0.3, 0.4) is 0 Å². The number of allylic oxidation sites excluding steroid dienone is 7. The van der Waals surface area contributed by atoms with Crippen LogP contribution in [0.4, 0.5) is 11.4 Å². The van der Waals surface area contributed by atoms with E-state index in [4.69, 9.17) is 10.2 Å². The van der Waals surface area contributed by atoms with Gasteiger partial charge in [0.05, 0.1) is 47.4 Å². The van der Waals surface area contributed by atoms with E-state index in [9.17, 15) is 32.5 Å². The molecule has 0 aromatic heterocycles. The lowest BCUT2D eigenvalue weighted by atomic mass is 9.80. The van der Waals surface area contributed by atoms with Gasteiger partial charge in [-0.1, -0.05) is 103 Å². The van der Waals surface area contributed by atoms with Crippen molar-refractivity contribution in [2.75, 3.05) is 67.9 Å². The van der Waals surface area contributed by atoms with Crippen molar-refractivity contribution < 1.29 is 47.5 Å². The van der Waals surface area contributed by atoms with Crippen LogP contribution in [0.2, 0.25) is 0 Å². The van der Waals surface area contributed by atoms with Crippen LogP contribution in [0.15, 0.2) is 105 Å². The van der Waals surface area contributed by atoms with Crippen LogP contribution in [0.5, 0.6) is 11.5 Å². The molecular formula is C65H106N5O9S+. The number of ketones is 1. The second kappa shape index (κ2) is 39.1. The summed E-state index contributed by atoms with van der Waals surface area (Å²) in [7, 11) is -4.25. The van der Waals surface area contributed by atoms with Gasteiger partial charge in [0.1, 0.15) is 13.1 Å². The summed E-state index contributed by atoms with van der Waals surface area (Å²) in [5, 5.41) is 29.5. The van der Waals surface area contributed by atoms with Crippen molar-refractivity contribution in [3.05, 3.63) is 122 Å². The molecule has 0 saturated carbocycles. The van der Waals surface area contributed by atoms with Crippen molar-refractivity contribution >= 4 is 38.6 Å². The Morgan fingerprint density at radius 1 is 0.525 bits per heavy atom. The first-order valence-corrected chi connectivity index (χ1v) is 31.7. The van der Waals surface area contributed by atoms with Crippen LogP contribution in [0.25, 0.3) is 5.57 Å². The summed E-state index contributed by atoms with van der Waals surface area (Å²) in [6.45, 7) is 41.7.